The summed E-state index contributed by atoms with van der Waals surface area (Å²) < 4.78 is 0. The molecule has 1 aliphatic carbocycles. The highest BCUT2D eigenvalue weighted by atomic mass is 32.1. The van der Waals surface area contributed by atoms with Crippen LogP contribution in [0.2, 0.25) is 0 Å². The van der Waals surface area contributed by atoms with Gasteiger partial charge in [0.2, 0.25) is 0 Å². The maximum atomic E-state index is 4.48. The number of nitrogens with zero attached hydrogens (tertiary/aromatic N) is 3. The average molecular weight is 366 g/mol. The largest absolute Gasteiger partial charge is 0.356 e. The van der Waals surface area contributed by atoms with Gasteiger partial charge in [-0.15, -0.1) is 11.3 Å². The molecular weight excluding hydrogens is 330 g/mol. The molecule has 1 aromatic heterocycles. The van der Waals surface area contributed by atoms with E-state index in [4.69, 9.17) is 0 Å². The molecule has 2 N–H and O–H groups in total. The van der Waals surface area contributed by atoms with Crippen LogP contribution in [0, 0.1) is 5.92 Å². The van der Waals surface area contributed by atoms with Crippen LogP contribution in [0.15, 0.2) is 11.2 Å². The van der Waals surface area contributed by atoms with Gasteiger partial charge in [0, 0.05) is 43.2 Å². The van der Waals surface area contributed by atoms with Crippen LogP contribution < -0.4 is 10.6 Å². The molecule has 1 aliphatic rings. The number of hydrogen-bond acceptors (Lipinski definition) is 4. The number of aliphatic imine (C=N–C) groups is 1. The van der Waals surface area contributed by atoms with Crippen molar-refractivity contribution in [2.24, 2.45) is 10.9 Å². The fourth-order valence-electron chi connectivity index (χ4n) is 3.74. The van der Waals surface area contributed by atoms with Crippen LogP contribution in [-0.4, -0.2) is 55.6 Å². The maximum absolute atomic E-state index is 4.48. The smallest absolute Gasteiger partial charge is 0.191 e. The molecule has 1 aromatic rings. The van der Waals surface area contributed by atoms with Crippen molar-refractivity contribution in [3.63, 3.8) is 0 Å². The quantitative estimate of drug-likeness (QED) is 0.576. The molecule has 1 fully saturated rings. The molecule has 2 atom stereocenters. The maximum Gasteiger partial charge on any atom is 0.191 e. The second kappa shape index (κ2) is 9.53. The first kappa shape index (κ1) is 20.2. The molecule has 2 rings (SSSR count). The number of aromatic nitrogens is 1. The summed E-state index contributed by atoms with van der Waals surface area (Å²) in [5.41, 5.74) is 0.237. The fraction of sp³-hybridized carbons (Fsp3) is 0.789. The SMILES string of the molecule is CCc1cnc(CCNC(=NC)NCC2(N(C)C)CCCC(C)C2)s1. The topological polar surface area (TPSA) is 52.6 Å². The van der Waals surface area contributed by atoms with Crippen molar-refractivity contribution in [1.82, 2.24) is 20.5 Å². The second-order valence-electron chi connectivity index (χ2n) is 7.50. The Bertz CT molecular complexity index is 554. The Morgan fingerprint density at radius 2 is 2.24 bits per heavy atom. The molecule has 1 heterocycles. The predicted octanol–water partition coefficient (Wildman–Crippen LogP) is 2.92. The van der Waals surface area contributed by atoms with Crippen LogP contribution in [-0.2, 0) is 12.8 Å². The molecule has 0 amide bonds. The highest BCUT2D eigenvalue weighted by Crippen LogP contribution is 2.35. The lowest BCUT2D eigenvalue weighted by Gasteiger charge is -2.45. The van der Waals surface area contributed by atoms with Crippen LogP contribution in [0.5, 0.6) is 0 Å². The van der Waals surface area contributed by atoms with E-state index in [9.17, 15) is 0 Å². The number of rotatable bonds is 7. The van der Waals surface area contributed by atoms with Gasteiger partial charge in [-0.25, -0.2) is 4.98 Å². The molecule has 6 heteroatoms. The zero-order valence-electron chi connectivity index (χ0n) is 16.6. The summed E-state index contributed by atoms with van der Waals surface area (Å²) >= 11 is 1.81. The van der Waals surface area contributed by atoms with E-state index in [-0.39, 0.29) is 5.54 Å². The predicted molar refractivity (Wildman–Crippen MR) is 109 cm³/mol. The Morgan fingerprint density at radius 3 is 2.84 bits per heavy atom. The van der Waals surface area contributed by atoms with Crippen molar-refractivity contribution in [2.45, 2.75) is 57.9 Å². The molecule has 0 saturated heterocycles. The van der Waals surface area contributed by atoms with Crippen LogP contribution in [0.1, 0.15) is 49.4 Å². The van der Waals surface area contributed by atoms with Gasteiger partial charge in [0.25, 0.3) is 0 Å². The minimum atomic E-state index is 0.237. The van der Waals surface area contributed by atoms with E-state index < -0.39 is 0 Å². The second-order valence-corrected chi connectivity index (χ2v) is 8.70. The average Bonchev–Trinajstić information content (AvgIpc) is 3.05. The number of likely N-dealkylation sites (N-methyl/N-ethyl adjacent to an activating group) is 1. The number of aryl methyl sites for hydroxylation is 1. The summed E-state index contributed by atoms with van der Waals surface area (Å²) in [4.78, 5) is 12.6. The first-order valence-corrected chi connectivity index (χ1v) is 10.4. The molecule has 0 bridgehead atoms. The van der Waals surface area contributed by atoms with E-state index in [0.717, 1.165) is 37.8 Å². The van der Waals surface area contributed by atoms with Gasteiger partial charge in [-0.05, 0) is 39.3 Å². The Kier molecular flexibility index (Phi) is 7.69. The molecule has 0 aliphatic heterocycles. The molecule has 25 heavy (non-hydrogen) atoms. The zero-order chi connectivity index (χ0) is 18.3. The van der Waals surface area contributed by atoms with Gasteiger partial charge in [-0.3, -0.25) is 4.99 Å². The zero-order valence-corrected chi connectivity index (χ0v) is 17.4. The third kappa shape index (κ3) is 5.68. The number of nitrogens with one attached hydrogen (secondary N) is 2. The summed E-state index contributed by atoms with van der Waals surface area (Å²) in [6.45, 7) is 6.36. The van der Waals surface area contributed by atoms with Gasteiger partial charge in [0.15, 0.2) is 5.96 Å². The number of thiazole rings is 1. The lowest BCUT2D eigenvalue weighted by molar-refractivity contribution is 0.0796. The monoisotopic (exact) mass is 365 g/mol. The highest BCUT2D eigenvalue weighted by molar-refractivity contribution is 7.11. The van der Waals surface area contributed by atoms with Gasteiger partial charge in [0.1, 0.15) is 0 Å². The third-order valence-electron chi connectivity index (χ3n) is 5.41. The van der Waals surface area contributed by atoms with Gasteiger partial charge < -0.3 is 15.5 Å². The van der Waals surface area contributed by atoms with Crippen molar-refractivity contribution in [3.8, 4) is 0 Å². The van der Waals surface area contributed by atoms with Crippen LogP contribution in [0.25, 0.3) is 0 Å². The molecule has 0 radical (unpaired) electrons. The fourth-order valence-corrected chi connectivity index (χ4v) is 4.60. The van der Waals surface area contributed by atoms with Crippen LogP contribution >= 0.6 is 11.3 Å². The summed E-state index contributed by atoms with van der Waals surface area (Å²) in [5.74, 6) is 1.69. The standard InChI is InChI=1S/C19H35N5S/c1-6-16-13-22-17(25-16)9-11-21-18(20-3)23-14-19(24(4)5)10-7-8-15(2)12-19/h13,15H,6-12,14H2,1-5H3,(H2,20,21,23). The van der Waals surface area contributed by atoms with E-state index in [1.807, 2.05) is 24.6 Å². The van der Waals surface area contributed by atoms with Crippen molar-refractivity contribution >= 4 is 17.3 Å². The first-order valence-electron chi connectivity index (χ1n) is 9.54. The lowest BCUT2D eigenvalue weighted by atomic mass is 9.75. The number of guanidine groups is 1. The number of hydrogen-bond donors (Lipinski definition) is 2. The van der Waals surface area contributed by atoms with E-state index in [1.165, 1.54) is 35.6 Å². The third-order valence-corrected chi connectivity index (χ3v) is 6.61. The van der Waals surface area contributed by atoms with Gasteiger partial charge in [-0.1, -0.05) is 26.7 Å². The first-order chi connectivity index (χ1) is 12.0. The van der Waals surface area contributed by atoms with Crippen LogP contribution in [0.4, 0.5) is 0 Å². The molecular formula is C19H35N5S. The summed E-state index contributed by atoms with van der Waals surface area (Å²) in [5, 5.41) is 8.20. The van der Waals surface area contributed by atoms with Gasteiger partial charge in [-0.2, -0.15) is 0 Å². The van der Waals surface area contributed by atoms with Crippen molar-refractivity contribution < 1.29 is 0 Å². The minimum Gasteiger partial charge on any atom is -0.356 e. The molecule has 0 spiro atoms. The Morgan fingerprint density at radius 1 is 1.44 bits per heavy atom. The van der Waals surface area contributed by atoms with Crippen molar-refractivity contribution in [3.05, 3.63) is 16.1 Å². The van der Waals surface area contributed by atoms with Gasteiger partial charge >= 0.3 is 0 Å². The van der Waals surface area contributed by atoms with E-state index >= 15 is 0 Å². The molecule has 1 saturated carbocycles. The summed E-state index contributed by atoms with van der Waals surface area (Å²) in [7, 11) is 6.27. The highest BCUT2D eigenvalue weighted by Gasteiger charge is 2.36. The van der Waals surface area contributed by atoms with Crippen molar-refractivity contribution in [1.29, 1.82) is 0 Å². The minimum absolute atomic E-state index is 0.237. The Labute approximate surface area is 157 Å². The van der Waals surface area contributed by atoms with Crippen molar-refractivity contribution in [2.75, 3.05) is 34.2 Å². The Hall–Kier alpha value is -1.14. The Balaban J connectivity index is 1.82. The van der Waals surface area contributed by atoms with E-state index in [0.29, 0.717) is 0 Å². The molecule has 142 valence electrons. The summed E-state index contributed by atoms with van der Waals surface area (Å²) in [6.07, 6.45) is 9.20. The normalized spacial score (nSPS) is 24.6. The van der Waals surface area contributed by atoms with Crippen LogP contribution in [0.3, 0.4) is 0 Å². The molecule has 2 unspecified atom stereocenters. The molecule has 5 nitrogen and oxygen atoms in total. The lowest BCUT2D eigenvalue weighted by Crippen LogP contribution is -2.56. The van der Waals surface area contributed by atoms with Gasteiger partial charge in [0.05, 0.1) is 5.01 Å². The van der Waals surface area contributed by atoms with E-state index in [2.05, 4.69) is 53.5 Å². The molecule has 0 aromatic carbocycles. The summed E-state index contributed by atoms with van der Waals surface area (Å²) in [6, 6.07) is 0. The van der Waals surface area contributed by atoms with E-state index in [1.54, 1.807) is 0 Å².